The van der Waals surface area contributed by atoms with Crippen LogP contribution in [-0.2, 0) is 9.22 Å². The van der Waals surface area contributed by atoms with Gasteiger partial charge in [0, 0.05) is 11.8 Å². The zero-order valence-corrected chi connectivity index (χ0v) is 14.9. The minimum atomic E-state index is -1.11. The predicted molar refractivity (Wildman–Crippen MR) is 86.5 cm³/mol. The third-order valence-electron chi connectivity index (χ3n) is 5.38. The molecule has 0 N–H and O–H groups in total. The van der Waals surface area contributed by atoms with Crippen LogP contribution in [0.5, 0.6) is 0 Å². The fraction of sp³-hybridized carbons (Fsp3) is 0.941. The number of unbranched alkanes of at least 4 members (excludes halogenated alkanes) is 1. The average Bonchev–Trinajstić information content (AvgIpc) is 2.42. The minimum Gasteiger partial charge on any atom is -0.413 e. The van der Waals surface area contributed by atoms with E-state index in [1.807, 2.05) is 0 Å². The van der Waals surface area contributed by atoms with Crippen LogP contribution >= 0.6 is 0 Å². The molecule has 0 spiro atoms. The van der Waals surface area contributed by atoms with E-state index in [-0.39, 0.29) is 17.4 Å². The van der Waals surface area contributed by atoms with Crippen LogP contribution in [0.2, 0.25) is 13.1 Å². The number of hydrogen-bond donors (Lipinski definition) is 0. The molecule has 0 heterocycles. The molecule has 2 aliphatic rings. The maximum atomic E-state index is 12.5. The van der Waals surface area contributed by atoms with Crippen molar-refractivity contribution in [2.45, 2.75) is 83.9 Å². The van der Waals surface area contributed by atoms with E-state index in [4.69, 9.17) is 4.43 Å². The Morgan fingerprint density at radius 3 is 2.55 bits per heavy atom. The Kier molecular flexibility index (Phi) is 5.47. The number of Topliss-reactive ketones (excluding diaryl/α,β-unsaturated/α-hetero) is 1. The highest BCUT2D eigenvalue weighted by Gasteiger charge is 2.66. The molecule has 2 rings (SSSR count). The first-order chi connectivity index (χ1) is 9.57. The van der Waals surface area contributed by atoms with Crippen LogP contribution in [0, 0.1) is 17.8 Å². The summed E-state index contributed by atoms with van der Waals surface area (Å²) in [6.07, 6.45) is 9.55. The van der Waals surface area contributed by atoms with E-state index in [9.17, 15) is 4.79 Å². The van der Waals surface area contributed by atoms with Crippen molar-refractivity contribution in [2.75, 3.05) is 0 Å². The third kappa shape index (κ3) is 2.63. The molecule has 0 amide bonds. The Morgan fingerprint density at radius 2 is 1.95 bits per heavy atom. The van der Waals surface area contributed by atoms with E-state index in [0.717, 1.165) is 19.3 Å². The van der Waals surface area contributed by atoms with Crippen molar-refractivity contribution in [3.63, 3.8) is 0 Å². The molecule has 0 saturated heterocycles. The van der Waals surface area contributed by atoms with E-state index in [2.05, 4.69) is 26.9 Å². The van der Waals surface area contributed by atoms with Crippen molar-refractivity contribution in [1.29, 1.82) is 0 Å². The monoisotopic (exact) mass is 296 g/mol. The molecule has 0 aromatic rings. The van der Waals surface area contributed by atoms with Gasteiger partial charge in [-0.25, -0.2) is 0 Å². The molecule has 2 aliphatic carbocycles. The summed E-state index contributed by atoms with van der Waals surface area (Å²) in [4.78, 5) is 12.5. The summed E-state index contributed by atoms with van der Waals surface area (Å²) >= 11 is 0. The second-order valence-corrected chi connectivity index (χ2v) is 9.42. The lowest BCUT2D eigenvalue weighted by molar-refractivity contribution is -0.197. The third-order valence-corrected chi connectivity index (χ3v) is 6.26. The first-order valence-electron chi connectivity index (χ1n) is 8.79. The fourth-order valence-corrected chi connectivity index (χ4v) is 6.05. The van der Waals surface area contributed by atoms with E-state index in [0.29, 0.717) is 11.7 Å². The van der Waals surface area contributed by atoms with Gasteiger partial charge in [-0.05, 0) is 44.7 Å². The molecule has 4 atom stereocenters. The number of carbonyl (C=O) groups is 1. The molecular formula is C17H32O2Si. The number of fused-ring (bicyclic) bond motifs is 1. The molecule has 0 radical (unpaired) electrons. The van der Waals surface area contributed by atoms with E-state index < -0.39 is 9.04 Å². The summed E-state index contributed by atoms with van der Waals surface area (Å²) < 4.78 is 6.64. The molecule has 0 aliphatic heterocycles. The van der Waals surface area contributed by atoms with Crippen LogP contribution in [0.1, 0.15) is 65.2 Å². The van der Waals surface area contributed by atoms with Gasteiger partial charge in [-0.2, -0.15) is 0 Å². The Labute approximate surface area is 126 Å². The van der Waals surface area contributed by atoms with Crippen LogP contribution in [-0.4, -0.2) is 20.4 Å². The SMILES string of the molecule is CCCCC1CCCC2C(=O)C(CCC)C12O[SiH](C)C. The van der Waals surface area contributed by atoms with Gasteiger partial charge in [-0.1, -0.05) is 39.5 Å². The predicted octanol–water partition coefficient (Wildman–Crippen LogP) is 4.33. The Morgan fingerprint density at radius 1 is 1.20 bits per heavy atom. The van der Waals surface area contributed by atoms with E-state index in [1.54, 1.807) is 0 Å². The molecule has 2 fully saturated rings. The van der Waals surface area contributed by atoms with Gasteiger partial charge in [0.05, 0.1) is 5.60 Å². The average molecular weight is 297 g/mol. The highest BCUT2D eigenvalue weighted by molar-refractivity contribution is 6.48. The lowest BCUT2D eigenvalue weighted by Crippen LogP contribution is -2.70. The van der Waals surface area contributed by atoms with Crippen LogP contribution in [0.15, 0.2) is 0 Å². The lowest BCUT2D eigenvalue weighted by atomic mass is 9.48. The summed E-state index contributed by atoms with van der Waals surface area (Å²) in [5.74, 6) is 1.63. The molecule has 3 heteroatoms. The van der Waals surface area contributed by atoms with E-state index in [1.165, 1.54) is 32.1 Å². The maximum absolute atomic E-state index is 12.5. The number of hydrogen-bond acceptors (Lipinski definition) is 2. The molecule has 0 aromatic carbocycles. The lowest BCUT2D eigenvalue weighted by Gasteiger charge is -2.61. The summed E-state index contributed by atoms with van der Waals surface area (Å²) in [6.45, 7) is 9.00. The molecule has 4 unspecified atom stereocenters. The largest absolute Gasteiger partial charge is 0.413 e. The molecule has 2 saturated carbocycles. The number of rotatable bonds is 7. The van der Waals surface area contributed by atoms with Gasteiger partial charge in [0.1, 0.15) is 5.78 Å². The Balaban J connectivity index is 2.24. The maximum Gasteiger partial charge on any atom is 0.171 e. The summed E-state index contributed by atoms with van der Waals surface area (Å²) in [5.41, 5.74) is -0.0408. The van der Waals surface area contributed by atoms with Gasteiger partial charge < -0.3 is 4.43 Å². The highest BCUT2D eigenvalue weighted by Crippen LogP contribution is 2.58. The number of ketones is 1. The Hall–Kier alpha value is -0.153. The van der Waals surface area contributed by atoms with E-state index >= 15 is 0 Å². The highest BCUT2D eigenvalue weighted by atomic mass is 28.3. The Bertz CT molecular complexity index is 342. The quantitative estimate of drug-likeness (QED) is 0.654. The topological polar surface area (TPSA) is 26.3 Å². The van der Waals surface area contributed by atoms with Crippen molar-refractivity contribution in [3.8, 4) is 0 Å². The summed E-state index contributed by atoms with van der Waals surface area (Å²) in [7, 11) is -1.11. The van der Waals surface area contributed by atoms with Crippen LogP contribution in [0.4, 0.5) is 0 Å². The van der Waals surface area contributed by atoms with Gasteiger partial charge >= 0.3 is 0 Å². The van der Waals surface area contributed by atoms with Crippen LogP contribution in [0.25, 0.3) is 0 Å². The van der Waals surface area contributed by atoms with Gasteiger partial charge in [-0.15, -0.1) is 0 Å². The zero-order chi connectivity index (χ0) is 14.8. The minimum absolute atomic E-state index is 0.0408. The van der Waals surface area contributed by atoms with Crippen molar-refractivity contribution in [2.24, 2.45) is 17.8 Å². The number of carbonyl (C=O) groups excluding carboxylic acids is 1. The smallest absolute Gasteiger partial charge is 0.171 e. The summed E-state index contributed by atoms with van der Waals surface area (Å²) in [6, 6.07) is 0. The molecule has 20 heavy (non-hydrogen) atoms. The van der Waals surface area contributed by atoms with Crippen LogP contribution < -0.4 is 0 Å². The van der Waals surface area contributed by atoms with Crippen molar-refractivity contribution in [3.05, 3.63) is 0 Å². The van der Waals surface area contributed by atoms with Gasteiger partial charge in [-0.3, -0.25) is 4.79 Å². The van der Waals surface area contributed by atoms with Crippen molar-refractivity contribution in [1.82, 2.24) is 0 Å². The first kappa shape index (κ1) is 16.2. The second kappa shape index (κ2) is 6.74. The normalized spacial score (nSPS) is 36.9. The van der Waals surface area contributed by atoms with Crippen molar-refractivity contribution >= 4 is 14.8 Å². The molecule has 2 nitrogen and oxygen atoms in total. The fourth-order valence-electron chi connectivity index (χ4n) is 4.71. The van der Waals surface area contributed by atoms with Gasteiger partial charge in [0.25, 0.3) is 0 Å². The molecule has 0 aromatic heterocycles. The standard InChI is InChI=1S/C17H32O2Si/c1-5-7-10-13-11-8-12-15-16(18)14(9-6-2)17(13,15)19-20(3)4/h13-15,20H,5-12H2,1-4H3. The van der Waals surface area contributed by atoms with Crippen molar-refractivity contribution < 1.29 is 9.22 Å². The first-order valence-corrected chi connectivity index (χ1v) is 11.6. The van der Waals surface area contributed by atoms with Gasteiger partial charge in [0.15, 0.2) is 9.04 Å². The molecule has 116 valence electrons. The molecular weight excluding hydrogens is 264 g/mol. The molecule has 0 bridgehead atoms. The summed E-state index contributed by atoms with van der Waals surface area (Å²) in [5, 5.41) is 0. The van der Waals surface area contributed by atoms with Gasteiger partial charge in [0.2, 0.25) is 0 Å². The zero-order valence-electron chi connectivity index (χ0n) is 13.8. The van der Waals surface area contributed by atoms with Crippen LogP contribution in [0.3, 0.4) is 0 Å². The second-order valence-electron chi connectivity index (χ2n) is 7.09.